The van der Waals surface area contributed by atoms with Crippen molar-refractivity contribution in [1.29, 1.82) is 0 Å². The van der Waals surface area contributed by atoms with Crippen molar-refractivity contribution in [2.45, 2.75) is 19.9 Å². The molecule has 3 heterocycles. The van der Waals surface area contributed by atoms with E-state index in [2.05, 4.69) is 37.0 Å². The van der Waals surface area contributed by atoms with E-state index in [0.717, 1.165) is 4.88 Å². The standard InChI is InChI=1S/C18H15F2N7OS2/c1-3-6-27-15(25-26-18(27)29)12-8(2)21-17(30-12)24-16(28)9-4-5-10-11(7-9)23-14(22-10)13(19)20/h3-5,7,13H,1,6H2,2H3,(H,22,23)(H,26,29)(H,21,24,28). The minimum atomic E-state index is -2.71. The summed E-state index contributed by atoms with van der Waals surface area (Å²) in [7, 11) is 0. The van der Waals surface area contributed by atoms with Gasteiger partial charge in [-0.1, -0.05) is 17.4 Å². The average Bonchev–Trinajstić information content (AvgIpc) is 3.39. The maximum absolute atomic E-state index is 12.8. The minimum absolute atomic E-state index is 0.288. The molecule has 12 heteroatoms. The molecule has 0 radical (unpaired) electrons. The largest absolute Gasteiger partial charge is 0.337 e. The van der Waals surface area contributed by atoms with Crippen LogP contribution in [-0.4, -0.2) is 35.6 Å². The number of halogens is 2. The summed E-state index contributed by atoms with van der Waals surface area (Å²) in [5, 5.41) is 10.1. The Balaban J connectivity index is 1.60. The Labute approximate surface area is 177 Å². The fraction of sp³-hybridized carbons (Fsp3) is 0.167. The van der Waals surface area contributed by atoms with E-state index in [1.807, 2.05) is 0 Å². The Morgan fingerprint density at radius 2 is 2.23 bits per heavy atom. The van der Waals surface area contributed by atoms with E-state index in [9.17, 15) is 13.6 Å². The van der Waals surface area contributed by atoms with Crippen LogP contribution in [0.2, 0.25) is 0 Å². The molecule has 0 atom stereocenters. The summed E-state index contributed by atoms with van der Waals surface area (Å²) in [6, 6.07) is 4.50. The molecule has 0 saturated carbocycles. The van der Waals surface area contributed by atoms with Gasteiger partial charge in [0.25, 0.3) is 12.3 Å². The van der Waals surface area contributed by atoms with Crippen LogP contribution in [0.15, 0.2) is 30.9 Å². The monoisotopic (exact) mass is 447 g/mol. The van der Waals surface area contributed by atoms with E-state index in [0.29, 0.717) is 39.0 Å². The fourth-order valence-corrected chi connectivity index (χ4v) is 4.06. The first-order valence-electron chi connectivity index (χ1n) is 8.70. The van der Waals surface area contributed by atoms with Crippen LogP contribution >= 0.6 is 23.6 Å². The van der Waals surface area contributed by atoms with Crippen LogP contribution < -0.4 is 5.32 Å². The molecule has 0 saturated heterocycles. The summed E-state index contributed by atoms with van der Waals surface area (Å²) in [6.45, 7) is 6.00. The SMILES string of the molecule is C=CCn1c(-c2sc(NC(=O)c3ccc4nc(C(F)F)[nH]c4c3)nc2C)n[nH]c1=S. The number of allylic oxidation sites excluding steroid dienone is 1. The molecule has 0 aliphatic heterocycles. The number of benzene rings is 1. The second kappa shape index (κ2) is 7.88. The molecule has 4 rings (SSSR count). The molecule has 30 heavy (non-hydrogen) atoms. The van der Waals surface area contributed by atoms with Gasteiger partial charge in [-0.25, -0.2) is 18.7 Å². The number of aromatic amines is 2. The maximum atomic E-state index is 12.8. The van der Waals surface area contributed by atoms with Gasteiger partial charge in [-0.05, 0) is 37.3 Å². The second-order valence-corrected chi connectivity index (χ2v) is 7.68. The van der Waals surface area contributed by atoms with Crippen molar-refractivity contribution in [3.8, 4) is 10.7 Å². The van der Waals surface area contributed by atoms with Crippen molar-refractivity contribution in [2.75, 3.05) is 5.32 Å². The molecule has 0 bridgehead atoms. The highest BCUT2D eigenvalue weighted by atomic mass is 32.1. The lowest BCUT2D eigenvalue weighted by Gasteiger charge is -2.02. The van der Waals surface area contributed by atoms with E-state index in [1.54, 1.807) is 17.6 Å². The highest BCUT2D eigenvalue weighted by molar-refractivity contribution is 7.71. The fourth-order valence-electron chi connectivity index (χ4n) is 2.89. The average molecular weight is 447 g/mol. The molecule has 3 aromatic heterocycles. The third-order valence-corrected chi connectivity index (χ3v) is 5.64. The van der Waals surface area contributed by atoms with Crippen LogP contribution in [0.5, 0.6) is 0 Å². The number of thiazole rings is 1. The molecular formula is C18H15F2N7OS2. The summed E-state index contributed by atoms with van der Waals surface area (Å²) >= 11 is 6.49. The number of nitrogens with one attached hydrogen (secondary N) is 3. The molecule has 0 spiro atoms. The van der Waals surface area contributed by atoms with Crippen molar-refractivity contribution in [1.82, 2.24) is 29.7 Å². The van der Waals surface area contributed by atoms with Gasteiger partial charge in [0.15, 0.2) is 21.6 Å². The van der Waals surface area contributed by atoms with Gasteiger partial charge in [0.05, 0.1) is 21.6 Å². The molecular weight excluding hydrogens is 432 g/mol. The molecule has 154 valence electrons. The molecule has 0 aliphatic carbocycles. The number of hydrogen-bond donors (Lipinski definition) is 3. The zero-order chi connectivity index (χ0) is 21.4. The van der Waals surface area contributed by atoms with Crippen LogP contribution in [-0.2, 0) is 6.54 Å². The zero-order valence-corrected chi connectivity index (χ0v) is 17.2. The van der Waals surface area contributed by atoms with Crippen molar-refractivity contribution in [2.24, 2.45) is 0 Å². The lowest BCUT2D eigenvalue weighted by atomic mass is 10.2. The Hall–Kier alpha value is -3.25. The highest BCUT2D eigenvalue weighted by Gasteiger charge is 2.18. The number of imidazole rings is 1. The van der Waals surface area contributed by atoms with Gasteiger partial charge in [-0.3, -0.25) is 19.8 Å². The predicted molar refractivity (Wildman–Crippen MR) is 112 cm³/mol. The van der Waals surface area contributed by atoms with E-state index in [-0.39, 0.29) is 5.56 Å². The third kappa shape index (κ3) is 3.66. The highest BCUT2D eigenvalue weighted by Crippen LogP contribution is 2.32. The molecule has 0 aliphatic rings. The van der Waals surface area contributed by atoms with E-state index < -0.39 is 18.2 Å². The summed E-state index contributed by atoms with van der Waals surface area (Å²) in [6.07, 6.45) is -1.01. The number of H-pyrrole nitrogens is 2. The topological polar surface area (TPSA) is 104 Å². The first-order valence-corrected chi connectivity index (χ1v) is 9.93. The second-order valence-electron chi connectivity index (χ2n) is 6.29. The first kappa shape index (κ1) is 20.0. The molecule has 4 aromatic rings. The molecule has 8 nitrogen and oxygen atoms in total. The molecule has 0 unspecified atom stereocenters. The number of hydrogen-bond acceptors (Lipinski definition) is 6. The van der Waals surface area contributed by atoms with Gasteiger partial charge in [-0.2, -0.15) is 5.10 Å². The Kier molecular flexibility index (Phi) is 5.26. The third-order valence-electron chi connectivity index (χ3n) is 4.26. The van der Waals surface area contributed by atoms with Crippen molar-refractivity contribution in [3.05, 3.63) is 52.7 Å². The lowest BCUT2D eigenvalue weighted by molar-refractivity contribution is 0.102. The van der Waals surface area contributed by atoms with E-state index >= 15 is 0 Å². The number of carbonyl (C=O) groups excluding carboxylic acids is 1. The van der Waals surface area contributed by atoms with Crippen molar-refractivity contribution >= 4 is 45.6 Å². The van der Waals surface area contributed by atoms with Crippen molar-refractivity contribution < 1.29 is 13.6 Å². The van der Waals surface area contributed by atoms with E-state index in [4.69, 9.17) is 12.2 Å². The summed E-state index contributed by atoms with van der Waals surface area (Å²) in [4.78, 5) is 24.1. The van der Waals surface area contributed by atoms with E-state index in [1.165, 1.54) is 29.5 Å². The predicted octanol–water partition coefficient (Wildman–Crippen LogP) is 4.62. The molecule has 3 N–H and O–H groups in total. The number of fused-ring (bicyclic) bond motifs is 1. The first-order chi connectivity index (χ1) is 14.4. The van der Waals surface area contributed by atoms with Crippen LogP contribution in [0.3, 0.4) is 0 Å². The van der Waals surface area contributed by atoms with Crippen LogP contribution in [0.1, 0.15) is 28.3 Å². The van der Waals surface area contributed by atoms with Gasteiger partial charge in [0.2, 0.25) is 0 Å². The summed E-state index contributed by atoms with van der Waals surface area (Å²) in [5.41, 5.74) is 1.68. The normalized spacial score (nSPS) is 11.3. The molecule has 1 aromatic carbocycles. The number of aryl methyl sites for hydroxylation is 1. The Morgan fingerprint density at radius 3 is 2.97 bits per heavy atom. The number of anilines is 1. The number of nitrogens with zero attached hydrogens (tertiary/aromatic N) is 4. The van der Waals surface area contributed by atoms with Crippen LogP contribution in [0, 0.1) is 11.7 Å². The number of rotatable bonds is 6. The van der Waals surface area contributed by atoms with Gasteiger partial charge in [0, 0.05) is 12.1 Å². The number of aromatic nitrogens is 6. The van der Waals surface area contributed by atoms with Crippen LogP contribution in [0.25, 0.3) is 21.7 Å². The van der Waals surface area contributed by atoms with Gasteiger partial charge < -0.3 is 4.98 Å². The Morgan fingerprint density at radius 1 is 1.43 bits per heavy atom. The van der Waals surface area contributed by atoms with Crippen molar-refractivity contribution in [3.63, 3.8) is 0 Å². The van der Waals surface area contributed by atoms with Gasteiger partial charge >= 0.3 is 0 Å². The molecule has 1 amide bonds. The van der Waals surface area contributed by atoms with Gasteiger partial charge in [0.1, 0.15) is 0 Å². The Bertz CT molecular complexity index is 1320. The number of amides is 1. The quantitative estimate of drug-likeness (QED) is 0.295. The minimum Gasteiger partial charge on any atom is -0.337 e. The maximum Gasteiger partial charge on any atom is 0.295 e. The summed E-state index contributed by atoms with van der Waals surface area (Å²) in [5.74, 6) is -0.250. The van der Waals surface area contributed by atoms with Gasteiger partial charge in [-0.15, -0.1) is 6.58 Å². The number of alkyl halides is 2. The van der Waals surface area contributed by atoms with Crippen LogP contribution in [0.4, 0.5) is 13.9 Å². The molecule has 0 fully saturated rings. The zero-order valence-electron chi connectivity index (χ0n) is 15.6. The summed E-state index contributed by atoms with van der Waals surface area (Å²) < 4.78 is 27.9. The smallest absolute Gasteiger partial charge is 0.295 e. The lowest BCUT2D eigenvalue weighted by Crippen LogP contribution is -2.11. The number of carbonyl (C=O) groups is 1.